The van der Waals surface area contributed by atoms with Gasteiger partial charge in [0.15, 0.2) is 5.60 Å². The molecule has 0 spiro atoms. The number of rotatable bonds is 5. The molecular weight excluding hydrogens is 222 g/mol. The van der Waals surface area contributed by atoms with Crippen molar-refractivity contribution in [3.8, 4) is 17.9 Å². The lowest BCUT2D eigenvalue weighted by atomic mass is 10.1. The molecule has 0 aromatic heterocycles. The number of carbonyl (C=O) groups excluding carboxylic acids is 1. The van der Waals surface area contributed by atoms with E-state index in [1.807, 2.05) is 6.07 Å². The summed E-state index contributed by atoms with van der Waals surface area (Å²) in [6, 6.07) is 1.95. The summed E-state index contributed by atoms with van der Waals surface area (Å²) >= 11 is 0. The molecular formula is C12H15NO4. The molecule has 0 aliphatic heterocycles. The molecule has 0 rings (SSSR count). The number of carboxylic acids is 1. The van der Waals surface area contributed by atoms with Crippen molar-refractivity contribution in [3.63, 3.8) is 0 Å². The summed E-state index contributed by atoms with van der Waals surface area (Å²) in [5, 5.41) is 16.7. The fourth-order valence-electron chi connectivity index (χ4n) is 0.964. The number of carboxylic acid groups (broad SMARTS) is 1. The minimum atomic E-state index is -1.04. The van der Waals surface area contributed by atoms with Gasteiger partial charge < -0.3 is 9.84 Å². The Hall–Kier alpha value is -2.01. The predicted molar refractivity (Wildman–Crippen MR) is 59.7 cm³/mol. The van der Waals surface area contributed by atoms with E-state index in [0.29, 0.717) is 12.8 Å². The van der Waals surface area contributed by atoms with Gasteiger partial charge in [-0.2, -0.15) is 5.26 Å². The molecule has 0 fully saturated rings. The molecule has 0 bridgehead atoms. The zero-order chi connectivity index (χ0) is 13.3. The quantitative estimate of drug-likeness (QED) is 0.444. The van der Waals surface area contributed by atoms with Crippen LogP contribution in [0.1, 0.15) is 39.5 Å². The van der Waals surface area contributed by atoms with Crippen LogP contribution in [0.25, 0.3) is 0 Å². The molecule has 0 aromatic carbocycles. The van der Waals surface area contributed by atoms with Gasteiger partial charge in [0.1, 0.15) is 0 Å². The lowest BCUT2D eigenvalue weighted by Crippen LogP contribution is -2.26. The van der Waals surface area contributed by atoms with Gasteiger partial charge >= 0.3 is 11.9 Å². The molecule has 5 nitrogen and oxygen atoms in total. The number of unbranched alkanes of at least 4 members (excludes halogenated alkanes) is 1. The van der Waals surface area contributed by atoms with Crippen molar-refractivity contribution in [2.75, 3.05) is 0 Å². The van der Waals surface area contributed by atoms with Gasteiger partial charge in [0.25, 0.3) is 0 Å². The first kappa shape index (κ1) is 15.0. The molecule has 0 saturated carbocycles. The van der Waals surface area contributed by atoms with Gasteiger partial charge in [-0.1, -0.05) is 11.8 Å². The Morgan fingerprint density at radius 3 is 2.47 bits per heavy atom. The van der Waals surface area contributed by atoms with E-state index in [2.05, 4.69) is 11.8 Å². The second kappa shape index (κ2) is 7.29. The van der Waals surface area contributed by atoms with Crippen molar-refractivity contribution in [3.05, 3.63) is 0 Å². The van der Waals surface area contributed by atoms with Crippen LogP contribution >= 0.6 is 0 Å². The van der Waals surface area contributed by atoms with Crippen LogP contribution in [0.3, 0.4) is 0 Å². The molecule has 0 amide bonds. The highest BCUT2D eigenvalue weighted by Gasteiger charge is 2.20. The Balaban J connectivity index is 4.14. The van der Waals surface area contributed by atoms with Gasteiger partial charge in [0, 0.05) is 12.8 Å². The number of carbonyl (C=O) groups is 2. The van der Waals surface area contributed by atoms with Crippen LogP contribution in [0.2, 0.25) is 0 Å². The molecule has 5 heteroatoms. The first-order valence-electron chi connectivity index (χ1n) is 5.18. The molecule has 0 atom stereocenters. The standard InChI is InChI=1S/C12H15NO4/c1-12(2,8-4-3-5-9-13)17-11(16)7-6-10(14)15/h3,5-7H2,1-2H3,(H,14,15). The molecule has 0 heterocycles. The maximum absolute atomic E-state index is 11.2. The first-order valence-corrected chi connectivity index (χ1v) is 5.18. The van der Waals surface area contributed by atoms with Crippen LogP contribution in [0.5, 0.6) is 0 Å². The van der Waals surface area contributed by atoms with Gasteiger partial charge in [0.05, 0.1) is 18.9 Å². The van der Waals surface area contributed by atoms with E-state index in [1.165, 1.54) is 0 Å². The van der Waals surface area contributed by atoms with Gasteiger partial charge in [-0.25, -0.2) is 0 Å². The highest BCUT2D eigenvalue weighted by molar-refractivity contribution is 5.76. The molecule has 0 aromatic rings. The molecule has 0 radical (unpaired) electrons. The number of hydrogen-bond donors (Lipinski definition) is 1. The number of esters is 1. The van der Waals surface area contributed by atoms with E-state index in [0.717, 1.165) is 0 Å². The topological polar surface area (TPSA) is 87.4 Å². The van der Waals surface area contributed by atoms with E-state index in [-0.39, 0.29) is 12.8 Å². The third-order valence-electron chi connectivity index (χ3n) is 1.66. The van der Waals surface area contributed by atoms with Crippen molar-refractivity contribution < 1.29 is 19.4 Å². The van der Waals surface area contributed by atoms with Crippen molar-refractivity contribution >= 4 is 11.9 Å². The number of hydrogen-bond acceptors (Lipinski definition) is 4. The minimum Gasteiger partial charge on any atom is -0.481 e. The second-order valence-corrected chi connectivity index (χ2v) is 3.84. The summed E-state index contributed by atoms with van der Waals surface area (Å²) in [6.45, 7) is 3.23. The van der Waals surface area contributed by atoms with E-state index < -0.39 is 17.5 Å². The molecule has 0 aliphatic carbocycles. The average Bonchev–Trinajstić information content (AvgIpc) is 2.21. The summed E-state index contributed by atoms with van der Waals surface area (Å²) < 4.78 is 5.01. The van der Waals surface area contributed by atoms with Crippen molar-refractivity contribution in [1.82, 2.24) is 0 Å². The summed E-state index contributed by atoms with van der Waals surface area (Å²) in [6.07, 6.45) is 0.331. The van der Waals surface area contributed by atoms with Crippen molar-refractivity contribution in [1.29, 1.82) is 5.26 Å². The van der Waals surface area contributed by atoms with E-state index >= 15 is 0 Å². The Morgan fingerprint density at radius 2 is 1.94 bits per heavy atom. The smallest absolute Gasteiger partial charge is 0.307 e. The zero-order valence-corrected chi connectivity index (χ0v) is 9.95. The Labute approximate surface area is 100 Å². The predicted octanol–water partition coefficient (Wildman–Crippen LogP) is 1.48. The lowest BCUT2D eigenvalue weighted by molar-refractivity contribution is -0.154. The van der Waals surface area contributed by atoms with Crippen LogP contribution < -0.4 is 0 Å². The Kier molecular flexibility index (Phi) is 6.43. The van der Waals surface area contributed by atoms with Gasteiger partial charge in [-0.15, -0.1) is 0 Å². The number of nitrogens with zero attached hydrogens (tertiary/aromatic N) is 1. The van der Waals surface area contributed by atoms with Gasteiger partial charge in [0.2, 0.25) is 0 Å². The fourth-order valence-corrected chi connectivity index (χ4v) is 0.964. The van der Waals surface area contributed by atoms with Crippen molar-refractivity contribution in [2.45, 2.75) is 45.1 Å². The first-order chi connectivity index (χ1) is 7.87. The van der Waals surface area contributed by atoms with Gasteiger partial charge in [-0.05, 0) is 13.8 Å². The minimum absolute atomic E-state index is 0.168. The second-order valence-electron chi connectivity index (χ2n) is 3.84. The third-order valence-corrected chi connectivity index (χ3v) is 1.66. The maximum Gasteiger partial charge on any atom is 0.307 e. The monoisotopic (exact) mass is 237 g/mol. The highest BCUT2D eigenvalue weighted by Crippen LogP contribution is 2.10. The molecule has 1 N–H and O–H groups in total. The SMILES string of the molecule is CC(C)(C#CCCC#N)OC(=O)CCC(=O)O. The normalized spacial score (nSPS) is 9.71. The van der Waals surface area contributed by atoms with E-state index in [9.17, 15) is 9.59 Å². The fraction of sp³-hybridized carbons (Fsp3) is 0.583. The molecule has 92 valence electrons. The maximum atomic E-state index is 11.2. The van der Waals surface area contributed by atoms with Crippen LogP contribution in [0.15, 0.2) is 0 Å². The van der Waals surface area contributed by atoms with Crippen LogP contribution in [0.4, 0.5) is 0 Å². The molecule has 17 heavy (non-hydrogen) atoms. The summed E-state index contributed by atoms with van der Waals surface area (Å²) in [7, 11) is 0. The molecule has 0 aliphatic rings. The summed E-state index contributed by atoms with van der Waals surface area (Å²) in [4.78, 5) is 21.5. The van der Waals surface area contributed by atoms with Crippen LogP contribution in [-0.2, 0) is 14.3 Å². The summed E-state index contributed by atoms with van der Waals surface area (Å²) in [5.74, 6) is 3.82. The third kappa shape index (κ3) is 8.95. The van der Waals surface area contributed by atoms with Crippen LogP contribution in [-0.4, -0.2) is 22.6 Å². The van der Waals surface area contributed by atoms with E-state index in [1.54, 1.807) is 13.8 Å². The highest BCUT2D eigenvalue weighted by atomic mass is 16.6. The van der Waals surface area contributed by atoms with Gasteiger partial charge in [-0.3, -0.25) is 9.59 Å². The van der Waals surface area contributed by atoms with E-state index in [4.69, 9.17) is 15.1 Å². The number of ether oxygens (including phenoxy) is 1. The summed E-state index contributed by atoms with van der Waals surface area (Å²) in [5.41, 5.74) is -0.953. The van der Waals surface area contributed by atoms with Crippen LogP contribution in [0, 0.1) is 23.2 Å². The molecule has 0 saturated heterocycles. The largest absolute Gasteiger partial charge is 0.481 e. The Morgan fingerprint density at radius 1 is 1.29 bits per heavy atom. The lowest BCUT2D eigenvalue weighted by Gasteiger charge is -2.18. The van der Waals surface area contributed by atoms with Crippen molar-refractivity contribution in [2.24, 2.45) is 0 Å². The number of nitriles is 1. The average molecular weight is 237 g/mol. The zero-order valence-electron chi connectivity index (χ0n) is 9.95. The number of aliphatic carboxylic acids is 1. The Bertz CT molecular complexity index is 382. The molecule has 0 unspecified atom stereocenters.